The number of benzene rings is 2. The molecule has 2 aromatic rings. The molecule has 0 spiro atoms. The maximum absolute atomic E-state index is 13.1. The van der Waals surface area contributed by atoms with Gasteiger partial charge in [-0.2, -0.15) is 0 Å². The zero-order valence-corrected chi connectivity index (χ0v) is 15.9. The van der Waals surface area contributed by atoms with Crippen molar-refractivity contribution in [1.82, 2.24) is 4.90 Å². The standard InChI is InChI=1S/C21H25NO5/c1-4-27-20(23)10-11-22(15-16-8-6-5-7-9-16)21(24)17-12-18(25-2)14-19(13-17)26-3/h5-9,12-14H,4,10-11,15H2,1-3H3. The number of amides is 1. The van der Waals surface area contributed by atoms with Crippen LogP contribution in [0.5, 0.6) is 11.5 Å². The smallest absolute Gasteiger partial charge is 0.307 e. The highest BCUT2D eigenvalue weighted by Gasteiger charge is 2.19. The van der Waals surface area contributed by atoms with E-state index in [-0.39, 0.29) is 24.8 Å². The molecule has 0 aliphatic rings. The summed E-state index contributed by atoms with van der Waals surface area (Å²) in [6.07, 6.45) is 0.132. The highest BCUT2D eigenvalue weighted by Crippen LogP contribution is 2.24. The Balaban J connectivity index is 2.25. The van der Waals surface area contributed by atoms with Crippen LogP contribution in [-0.2, 0) is 16.1 Å². The predicted molar refractivity (Wildman–Crippen MR) is 102 cm³/mol. The van der Waals surface area contributed by atoms with E-state index >= 15 is 0 Å². The highest BCUT2D eigenvalue weighted by atomic mass is 16.5. The molecule has 0 atom stereocenters. The van der Waals surface area contributed by atoms with Crippen LogP contribution >= 0.6 is 0 Å². The van der Waals surface area contributed by atoms with Crippen LogP contribution in [0.15, 0.2) is 48.5 Å². The molecule has 27 heavy (non-hydrogen) atoms. The molecule has 0 aliphatic carbocycles. The summed E-state index contributed by atoms with van der Waals surface area (Å²) in [7, 11) is 3.07. The minimum atomic E-state index is -0.327. The van der Waals surface area contributed by atoms with E-state index in [4.69, 9.17) is 14.2 Å². The zero-order chi connectivity index (χ0) is 19.6. The zero-order valence-electron chi connectivity index (χ0n) is 15.9. The number of nitrogens with zero attached hydrogens (tertiary/aromatic N) is 1. The number of esters is 1. The summed E-state index contributed by atoms with van der Waals surface area (Å²) in [4.78, 5) is 26.5. The van der Waals surface area contributed by atoms with Gasteiger partial charge in [0, 0.05) is 24.7 Å². The first-order chi connectivity index (χ1) is 13.1. The van der Waals surface area contributed by atoms with E-state index in [9.17, 15) is 9.59 Å². The van der Waals surface area contributed by atoms with Crippen LogP contribution in [0, 0.1) is 0 Å². The van der Waals surface area contributed by atoms with E-state index in [1.54, 1.807) is 30.0 Å². The molecule has 0 bridgehead atoms. The number of methoxy groups -OCH3 is 2. The van der Waals surface area contributed by atoms with Gasteiger partial charge in [0.1, 0.15) is 11.5 Å². The third-order valence-electron chi connectivity index (χ3n) is 3.99. The molecule has 0 aromatic heterocycles. The van der Waals surface area contributed by atoms with Gasteiger partial charge >= 0.3 is 5.97 Å². The second-order valence-corrected chi connectivity index (χ2v) is 5.87. The summed E-state index contributed by atoms with van der Waals surface area (Å²) in [6, 6.07) is 14.7. The molecule has 0 saturated carbocycles. The van der Waals surface area contributed by atoms with Crippen molar-refractivity contribution < 1.29 is 23.8 Å². The number of hydrogen-bond acceptors (Lipinski definition) is 5. The Morgan fingerprint density at radius 2 is 1.59 bits per heavy atom. The Morgan fingerprint density at radius 3 is 2.15 bits per heavy atom. The van der Waals surface area contributed by atoms with Crippen LogP contribution in [-0.4, -0.2) is 44.1 Å². The SMILES string of the molecule is CCOC(=O)CCN(Cc1ccccc1)C(=O)c1cc(OC)cc(OC)c1. The molecule has 0 radical (unpaired) electrons. The first kappa shape index (κ1) is 20.3. The fourth-order valence-electron chi connectivity index (χ4n) is 2.63. The lowest BCUT2D eigenvalue weighted by Crippen LogP contribution is -2.33. The number of carbonyl (C=O) groups excluding carboxylic acids is 2. The Bertz CT molecular complexity index is 738. The first-order valence-corrected chi connectivity index (χ1v) is 8.79. The summed E-state index contributed by atoms with van der Waals surface area (Å²) < 4.78 is 15.5. The minimum absolute atomic E-state index is 0.132. The van der Waals surface area contributed by atoms with Crippen molar-refractivity contribution in [2.45, 2.75) is 19.9 Å². The minimum Gasteiger partial charge on any atom is -0.497 e. The molecule has 1 amide bonds. The lowest BCUT2D eigenvalue weighted by Gasteiger charge is -2.23. The Hall–Kier alpha value is -3.02. The maximum atomic E-state index is 13.1. The molecule has 0 saturated heterocycles. The van der Waals surface area contributed by atoms with Crippen LogP contribution in [0.1, 0.15) is 29.3 Å². The molecule has 0 fully saturated rings. The Kier molecular flexibility index (Phi) is 7.67. The van der Waals surface area contributed by atoms with Crippen molar-refractivity contribution in [2.75, 3.05) is 27.4 Å². The third-order valence-corrected chi connectivity index (χ3v) is 3.99. The van der Waals surface area contributed by atoms with Crippen molar-refractivity contribution in [1.29, 1.82) is 0 Å². The van der Waals surface area contributed by atoms with Gasteiger partial charge in [-0.1, -0.05) is 30.3 Å². The maximum Gasteiger partial charge on any atom is 0.307 e. The summed E-state index contributed by atoms with van der Waals surface area (Å²) >= 11 is 0. The summed E-state index contributed by atoms with van der Waals surface area (Å²) in [5.41, 5.74) is 1.41. The number of ether oxygens (including phenoxy) is 3. The molecule has 0 heterocycles. The summed E-state index contributed by atoms with van der Waals surface area (Å²) in [5, 5.41) is 0. The molecule has 144 valence electrons. The molecule has 0 N–H and O–H groups in total. The monoisotopic (exact) mass is 371 g/mol. The van der Waals surface area contributed by atoms with Gasteiger partial charge in [-0.15, -0.1) is 0 Å². The third kappa shape index (κ3) is 6.02. The fourth-order valence-corrected chi connectivity index (χ4v) is 2.63. The molecular formula is C21H25NO5. The predicted octanol–water partition coefficient (Wildman–Crippen LogP) is 3.30. The van der Waals surface area contributed by atoms with Crippen molar-refractivity contribution in [3.63, 3.8) is 0 Å². The molecule has 6 nitrogen and oxygen atoms in total. The van der Waals surface area contributed by atoms with Gasteiger partial charge in [-0.05, 0) is 24.6 Å². The highest BCUT2D eigenvalue weighted by molar-refractivity contribution is 5.95. The largest absolute Gasteiger partial charge is 0.497 e. The average Bonchev–Trinajstić information content (AvgIpc) is 2.71. The summed E-state index contributed by atoms with van der Waals surface area (Å²) in [6.45, 7) is 2.72. The van der Waals surface area contributed by atoms with Crippen LogP contribution in [0.25, 0.3) is 0 Å². The van der Waals surface area contributed by atoms with Gasteiger partial charge < -0.3 is 19.1 Å². The molecule has 2 aromatic carbocycles. The summed E-state index contributed by atoms with van der Waals surface area (Å²) in [5.74, 6) is 0.525. The quantitative estimate of drug-likeness (QED) is 0.633. The number of hydrogen-bond donors (Lipinski definition) is 0. The van der Waals surface area contributed by atoms with Crippen molar-refractivity contribution in [3.05, 3.63) is 59.7 Å². The Morgan fingerprint density at radius 1 is 0.963 bits per heavy atom. The lowest BCUT2D eigenvalue weighted by atomic mass is 10.1. The van der Waals surface area contributed by atoms with E-state index in [0.717, 1.165) is 5.56 Å². The van der Waals surface area contributed by atoms with E-state index in [1.807, 2.05) is 30.3 Å². The number of rotatable bonds is 9. The second-order valence-electron chi connectivity index (χ2n) is 5.87. The first-order valence-electron chi connectivity index (χ1n) is 8.79. The van der Waals surface area contributed by atoms with Gasteiger partial charge in [-0.3, -0.25) is 9.59 Å². The van der Waals surface area contributed by atoms with E-state index < -0.39 is 0 Å². The molecule has 6 heteroatoms. The van der Waals surface area contributed by atoms with Crippen molar-refractivity contribution >= 4 is 11.9 Å². The van der Waals surface area contributed by atoms with Crippen molar-refractivity contribution in [3.8, 4) is 11.5 Å². The van der Waals surface area contributed by atoms with Gasteiger partial charge in [0.25, 0.3) is 5.91 Å². The molecule has 0 unspecified atom stereocenters. The van der Waals surface area contributed by atoms with E-state index in [1.165, 1.54) is 14.2 Å². The second kappa shape index (κ2) is 10.2. The van der Waals surface area contributed by atoms with Gasteiger partial charge in [0.05, 0.1) is 27.2 Å². The van der Waals surface area contributed by atoms with Crippen molar-refractivity contribution in [2.24, 2.45) is 0 Å². The van der Waals surface area contributed by atoms with Gasteiger partial charge in [0.15, 0.2) is 0 Å². The van der Waals surface area contributed by atoms with Crippen LogP contribution < -0.4 is 9.47 Å². The van der Waals surface area contributed by atoms with Crippen LogP contribution in [0.4, 0.5) is 0 Å². The van der Waals surface area contributed by atoms with E-state index in [2.05, 4.69) is 0 Å². The topological polar surface area (TPSA) is 65.1 Å². The van der Waals surface area contributed by atoms with Crippen LogP contribution in [0.2, 0.25) is 0 Å². The van der Waals surface area contributed by atoms with Crippen LogP contribution in [0.3, 0.4) is 0 Å². The fraction of sp³-hybridized carbons (Fsp3) is 0.333. The molecule has 2 rings (SSSR count). The van der Waals surface area contributed by atoms with Gasteiger partial charge in [0.2, 0.25) is 0 Å². The Labute approximate surface area is 159 Å². The number of carbonyl (C=O) groups is 2. The molecular weight excluding hydrogens is 346 g/mol. The van der Waals surface area contributed by atoms with E-state index in [0.29, 0.717) is 30.2 Å². The molecule has 0 aliphatic heterocycles. The average molecular weight is 371 g/mol. The van der Waals surface area contributed by atoms with Gasteiger partial charge in [-0.25, -0.2) is 0 Å². The lowest BCUT2D eigenvalue weighted by molar-refractivity contribution is -0.143. The normalized spacial score (nSPS) is 10.2.